The molecule has 2 aromatic carbocycles. The van der Waals surface area contributed by atoms with Gasteiger partial charge in [-0.05, 0) is 50.6 Å². The van der Waals surface area contributed by atoms with E-state index in [0.29, 0.717) is 11.6 Å². The maximum absolute atomic E-state index is 12.4. The van der Waals surface area contributed by atoms with Crippen molar-refractivity contribution in [1.29, 1.82) is 0 Å². The van der Waals surface area contributed by atoms with Gasteiger partial charge in [0.05, 0.1) is 0 Å². The van der Waals surface area contributed by atoms with Gasteiger partial charge in [-0.15, -0.1) is 0 Å². The van der Waals surface area contributed by atoms with Gasteiger partial charge in [0.2, 0.25) is 0 Å². The molecule has 26 heavy (non-hydrogen) atoms. The SMILES string of the molecule is Cc1c(-c2ccc(Cl)cc2)noc1-c1ccc2c(c1)CN(C(C)C)C2=O. The predicted octanol–water partition coefficient (Wildman–Crippen LogP) is 5.33. The average Bonchev–Trinajstić information content (AvgIpc) is 3.16. The molecule has 1 aliphatic heterocycles. The highest BCUT2D eigenvalue weighted by atomic mass is 35.5. The molecule has 4 rings (SSSR count). The summed E-state index contributed by atoms with van der Waals surface area (Å²) in [7, 11) is 0. The van der Waals surface area contributed by atoms with Crippen molar-refractivity contribution >= 4 is 17.5 Å². The van der Waals surface area contributed by atoms with Crippen molar-refractivity contribution in [2.24, 2.45) is 0 Å². The van der Waals surface area contributed by atoms with E-state index in [0.717, 1.165) is 39.3 Å². The molecule has 132 valence electrons. The van der Waals surface area contributed by atoms with Gasteiger partial charge >= 0.3 is 0 Å². The quantitative estimate of drug-likeness (QED) is 0.629. The number of hydrogen-bond acceptors (Lipinski definition) is 3. The van der Waals surface area contributed by atoms with Crippen LogP contribution in [-0.2, 0) is 6.54 Å². The van der Waals surface area contributed by atoms with Crippen molar-refractivity contribution in [2.75, 3.05) is 0 Å². The molecule has 1 amide bonds. The van der Waals surface area contributed by atoms with E-state index in [1.54, 1.807) is 0 Å². The molecule has 0 unspecified atom stereocenters. The molecule has 4 nitrogen and oxygen atoms in total. The van der Waals surface area contributed by atoms with Crippen LogP contribution < -0.4 is 0 Å². The van der Waals surface area contributed by atoms with Crippen molar-refractivity contribution in [3.63, 3.8) is 0 Å². The molecule has 1 aromatic heterocycles. The summed E-state index contributed by atoms with van der Waals surface area (Å²) in [6, 6.07) is 13.6. The highest BCUT2D eigenvalue weighted by Crippen LogP contribution is 2.34. The second-order valence-electron chi connectivity index (χ2n) is 6.89. The minimum atomic E-state index is 0.0951. The smallest absolute Gasteiger partial charge is 0.254 e. The highest BCUT2D eigenvalue weighted by molar-refractivity contribution is 6.30. The predicted molar refractivity (Wildman–Crippen MR) is 102 cm³/mol. The zero-order valence-electron chi connectivity index (χ0n) is 14.9. The largest absolute Gasteiger partial charge is 0.355 e. The van der Waals surface area contributed by atoms with Crippen LogP contribution in [0.1, 0.15) is 35.3 Å². The number of rotatable bonds is 3. The first kappa shape index (κ1) is 16.9. The van der Waals surface area contributed by atoms with Crippen molar-refractivity contribution in [3.05, 3.63) is 64.2 Å². The first-order valence-corrected chi connectivity index (χ1v) is 9.00. The third-order valence-electron chi connectivity index (χ3n) is 4.86. The Bertz CT molecular complexity index is 990. The molecule has 0 aliphatic carbocycles. The second-order valence-corrected chi connectivity index (χ2v) is 7.33. The van der Waals surface area contributed by atoms with Gasteiger partial charge in [-0.2, -0.15) is 0 Å². The standard InChI is InChI=1S/C21H19ClN2O2/c1-12(2)24-11-16-10-15(6-9-18(16)21(24)25)20-13(3)19(23-26-20)14-4-7-17(22)8-5-14/h4-10,12H,11H2,1-3H3. The number of fused-ring (bicyclic) bond motifs is 1. The molecule has 2 heterocycles. The van der Waals surface area contributed by atoms with Gasteiger partial charge in [0.1, 0.15) is 5.69 Å². The summed E-state index contributed by atoms with van der Waals surface area (Å²) in [5.41, 5.74) is 5.48. The van der Waals surface area contributed by atoms with E-state index in [2.05, 4.69) is 5.16 Å². The molecule has 0 spiro atoms. The summed E-state index contributed by atoms with van der Waals surface area (Å²) in [4.78, 5) is 14.3. The fraction of sp³-hybridized carbons (Fsp3) is 0.238. The summed E-state index contributed by atoms with van der Waals surface area (Å²) in [5, 5.41) is 4.94. The van der Waals surface area contributed by atoms with E-state index in [1.807, 2.05) is 68.1 Å². The number of aromatic nitrogens is 1. The van der Waals surface area contributed by atoms with Crippen molar-refractivity contribution in [3.8, 4) is 22.6 Å². The van der Waals surface area contributed by atoms with Crippen LogP contribution in [0.5, 0.6) is 0 Å². The number of carbonyl (C=O) groups is 1. The summed E-state index contributed by atoms with van der Waals surface area (Å²) in [6.07, 6.45) is 0. The Morgan fingerprint density at radius 3 is 2.50 bits per heavy atom. The Labute approximate surface area is 157 Å². The lowest BCUT2D eigenvalue weighted by molar-refractivity contribution is 0.0730. The topological polar surface area (TPSA) is 46.3 Å². The van der Waals surface area contributed by atoms with E-state index >= 15 is 0 Å². The minimum absolute atomic E-state index is 0.0951. The molecule has 0 radical (unpaired) electrons. The first-order valence-electron chi connectivity index (χ1n) is 8.62. The van der Waals surface area contributed by atoms with Crippen LogP contribution in [0.2, 0.25) is 5.02 Å². The van der Waals surface area contributed by atoms with E-state index in [1.165, 1.54) is 0 Å². The maximum Gasteiger partial charge on any atom is 0.254 e. The summed E-state index contributed by atoms with van der Waals surface area (Å²) in [5.74, 6) is 0.825. The van der Waals surface area contributed by atoms with Crippen LogP contribution in [0.25, 0.3) is 22.6 Å². The maximum atomic E-state index is 12.4. The second kappa shape index (κ2) is 6.29. The molecule has 0 N–H and O–H groups in total. The fourth-order valence-corrected chi connectivity index (χ4v) is 3.51. The third kappa shape index (κ3) is 2.71. The number of amides is 1. The fourth-order valence-electron chi connectivity index (χ4n) is 3.38. The number of carbonyl (C=O) groups excluding carboxylic acids is 1. The molecule has 0 atom stereocenters. The van der Waals surface area contributed by atoms with E-state index in [-0.39, 0.29) is 11.9 Å². The third-order valence-corrected chi connectivity index (χ3v) is 5.12. The lowest BCUT2D eigenvalue weighted by Crippen LogP contribution is -2.30. The van der Waals surface area contributed by atoms with Crippen LogP contribution >= 0.6 is 11.6 Å². The van der Waals surface area contributed by atoms with Crippen LogP contribution in [0, 0.1) is 6.92 Å². The zero-order valence-corrected chi connectivity index (χ0v) is 15.7. The monoisotopic (exact) mass is 366 g/mol. The molecule has 0 fully saturated rings. The average molecular weight is 367 g/mol. The molecular weight excluding hydrogens is 348 g/mol. The first-order chi connectivity index (χ1) is 12.5. The number of halogens is 1. The van der Waals surface area contributed by atoms with Gasteiger partial charge in [0, 0.05) is 39.9 Å². The van der Waals surface area contributed by atoms with Gasteiger partial charge in [0.25, 0.3) is 5.91 Å². The van der Waals surface area contributed by atoms with Crippen molar-refractivity contribution < 1.29 is 9.32 Å². The molecular formula is C21H19ClN2O2. The van der Waals surface area contributed by atoms with Crippen LogP contribution in [0.15, 0.2) is 47.0 Å². The van der Waals surface area contributed by atoms with E-state index in [4.69, 9.17) is 16.1 Å². The van der Waals surface area contributed by atoms with Crippen molar-refractivity contribution in [2.45, 2.75) is 33.4 Å². The Morgan fingerprint density at radius 2 is 1.81 bits per heavy atom. The van der Waals surface area contributed by atoms with Gasteiger partial charge in [0.15, 0.2) is 5.76 Å². The normalized spacial score (nSPS) is 13.6. The number of benzene rings is 2. The Morgan fingerprint density at radius 1 is 1.12 bits per heavy atom. The number of hydrogen-bond donors (Lipinski definition) is 0. The van der Waals surface area contributed by atoms with Gasteiger partial charge in [-0.25, -0.2) is 0 Å². The molecule has 5 heteroatoms. The summed E-state index contributed by atoms with van der Waals surface area (Å²) < 4.78 is 5.65. The van der Waals surface area contributed by atoms with E-state index in [9.17, 15) is 4.79 Å². The Hall–Kier alpha value is -2.59. The lowest BCUT2D eigenvalue weighted by atomic mass is 10.0. The highest BCUT2D eigenvalue weighted by Gasteiger charge is 2.29. The van der Waals surface area contributed by atoms with Gasteiger partial charge < -0.3 is 9.42 Å². The van der Waals surface area contributed by atoms with Crippen molar-refractivity contribution in [1.82, 2.24) is 10.1 Å². The Balaban J connectivity index is 1.71. The molecule has 0 saturated heterocycles. The molecule has 0 bridgehead atoms. The minimum Gasteiger partial charge on any atom is -0.355 e. The van der Waals surface area contributed by atoms with Gasteiger partial charge in [-0.3, -0.25) is 4.79 Å². The molecule has 3 aromatic rings. The van der Waals surface area contributed by atoms with Gasteiger partial charge in [-0.1, -0.05) is 35.0 Å². The lowest BCUT2D eigenvalue weighted by Gasteiger charge is -2.19. The number of nitrogens with zero attached hydrogens (tertiary/aromatic N) is 2. The van der Waals surface area contributed by atoms with Crippen LogP contribution in [-0.4, -0.2) is 22.0 Å². The Kier molecular flexibility index (Phi) is 4.08. The van der Waals surface area contributed by atoms with E-state index < -0.39 is 0 Å². The zero-order chi connectivity index (χ0) is 18.4. The summed E-state index contributed by atoms with van der Waals surface area (Å²) >= 11 is 5.96. The molecule has 0 saturated carbocycles. The van der Waals surface area contributed by atoms with Crippen LogP contribution in [0.4, 0.5) is 0 Å². The van der Waals surface area contributed by atoms with Crippen LogP contribution in [0.3, 0.4) is 0 Å². The molecule has 1 aliphatic rings. The summed E-state index contributed by atoms with van der Waals surface area (Å²) in [6.45, 7) is 6.69.